The number of hydrogen-bond acceptors (Lipinski definition) is 1. The van der Waals surface area contributed by atoms with Crippen molar-refractivity contribution in [1.29, 1.82) is 0 Å². The van der Waals surface area contributed by atoms with Gasteiger partial charge in [-0.05, 0) is 75.9 Å². The highest BCUT2D eigenvalue weighted by molar-refractivity contribution is 5.85. The van der Waals surface area contributed by atoms with Crippen LogP contribution in [0.15, 0.2) is 54.6 Å². The number of nitrogens with one attached hydrogen (secondary N) is 1. The van der Waals surface area contributed by atoms with Crippen molar-refractivity contribution < 1.29 is 0 Å². The molecule has 0 saturated carbocycles. The van der Waals surface area contributed by atoms with Crippen molar-refractivity contribution >= 4 is 5.69 Å². The molecule has 3 aromatic carbocycles. The monoisotopic (exact) mass is 327 g/mol. The minimum Gasteiger partial charge on any atom is -0.388 e. The van der Waals surface area contributed by atoms with Crippen molar-refractivity contribution in [3.8, 4) is 22.3 Å². The van der Waals surface area contributed by atoms with E-state index in [9.17, 15) is 0 Å². The van der Waals surface area contributed by atoms with Gasteiger partial charge < -0.3 is 5.32 Å². The third-order valence-electron chi connectivity index (χ3n) is 5.48. The molecule has 1 aliphatic rings. The Balaban J connectivity index is 1.90. The van der Waals surface area contributed by atoms with Gasteiger partial charge >= 0.3 is 0 Å². The zero-order valence-electron chi connectivity index (χ0n) is 15.3. The lowest BCUT2D eigenvalue weighted by atomic mass is 9.91. The van der Waals surface area contributed by atoms with Crippen LogP contribution in [0.4, 0.5) is 5.69 Å². The summed E-state index contributed by atoms with van der Waals surface area (Å²) in [6.07, 6.45) is 3.14. The number of benzene rings is 3. The van der Waals surface area contributed by atoms with Gasteiger partial charge in [-0.2, -0.15) is 0 Å². The highest BCUT2D eigenvalue weighted by Gasteiger charge is 2.21. The molecule has 25 heavy (non-hydrogen) atoms. The first-order chi connectivity index (χ1) is 12.3. The smallest absolute Gasteiger partial charge is 0.0402 e. The molecule has 0 spiro atoms. The normalized spacial score (nSPS) is 12.0. The molecule has 126 valence electrons. The van der Waals surface area contributed by atoms with Crippen molar-refractivity contribution in [2.24, 2.45) is 0 Å². The predicted octanol–water partition coefficient (Wildman–Crippen LogP) is 6.09. The summed E-state index contributed by atoms with van der Waals surface area (Å²) in [5.41, 5.74) is 12.6. The summed E-state index contributed by atoms with van der Waals surface area (Å²) >= 11 is 0. The van der Waals surface area contributed by atoms with E-state index in [1.165, 1.54) is 50.2 Å². The number of aryl methyl sites for hydroxylation is 2. The predicted molar refractivity (Wildman–Crippen MR) is 108 cm³/mol. The average molecular weight is 327 g/mol. The lowest BCUT2D eigenvalue weighted by Gasteiger charge is -2.17. The fourth-order valence-electron chi connectivity index (χ4n) is 4.23. The molecule has 0 heterocycles. The van der Waals surface area contributed by atoms with E-state index in [2.05, 4.69) is 73.8 Å². The van der Waals surface area contributed by atoms with Crippen LogP contribution in [-0.4, -0.2) is 7.05 Å². The molecule has 0 fully saturated rings. The van der Waals surface area contributed by atoms with Crippen molar-refractivity contribution in [2.75, 3.05) is 12.4 Å². The van der Waals surface area contributed by atoms with Gasteiger partial charge in [0.2, 0.25) is 0 Å². The van der Waals surface area contributed by atoms with E-state index in [-0.39, 0.29) is 0 Å². The zero-order valence-corrected chi connectivity index (χ0v) is 15.3. The van der Waals surface area contributed by atoms with Crippen LogP contribution in [0.5, 0.6) is 0 Å². The lowest BCUT2D eigenvalue weighted by molar-refractivity contribution is 1.08. The summed E-state index contributed by atoms with van der Waals surface area (Å²) in [4.78, 5) is 0. The molecule has 0 atom stereocenters. The molecule has 0 amide bonds. The topological polar surface area (TPSA) is 12.0 Å². The van der Waals surface area contributed by atoms with Crippen LogP contribution in [-0.2, 0) is 19.3 Å². The van der Waals surface area contributed by atoms with Crippen LogP contribution in [0.2, 0.25) is 0 Å². The van der Waals surface area contributed by atoms with Crippen LogP contribution in [0.3, 0.4) is 0 Å². The Kier molecular flexibility index (Phi) is 4.09. The van der Waals surface area contributed by atoms with Crippen LogP contribution >= 0.6 is 0 Å². The Bertz CT molecular complexity index is 912. The fraction of sp³-hybridized carbons (Fsp3) is 0.250. The van der Waals surface area contributed by atoms with E-state index >= 15 is 0 Å². The molecule has 3 aromatic rings. The molecule has 4 rings (SSSR count). The molecule has 1 aliphatic carbocycles. The van der Waals surface area contributed by atoms with E-state index in [0.29, 0.717) is 0 Å². The first kappa shape index (κ1) is 16.0. The summed E-state index contributed by atoms with van der Waals surface area (Å²) in [7, 11) is 2.03. The van der Waals surface area contributed by atoms with Crippen molar-refractivity contribution in [2.45, 2.75) is 33.1 Å². The SMILES string of the molecule is CCc1cc(-c2cccc3c2Cc2ccccc2-3)cc(CC)c1NC. The minimum absolute atomic E-state index is 1.04. The van der Waals surface area contributed by atoms with Gasteiger partial charge in [0.05, 0.1) is 0 Å². The average Bonchev–Trinajstić information content (AvgIpc) is 3.05. The third-order valence-corrected chi connectivity index (χ3v) is 5.48. The van der Waals surface area contributed by atoms with Gasteiger partial charge in [-0.1, -0.05) is 56.3 Å². The summed E-state index contributed by atoms with van der Waals surface area (Å²) in [5, 5.41) is 3.41. The highest BCUT2D eigenvalue weighted by Crippen LogP contribution is 2.42. The van der Waals surface area contributed by atoms with Crippen molar-refractivity contribution in [1.82, 2.24) is 0 Å². The molecular formula is C24H25N. The van der Waals surface area contributed by atoms with E-state index in [1.54, 1.807) is 0 Å². The number of hydrogen-bond donors (Lipinski definition) is 1. The van der Waals surface area contributed by atoms with E-state index in [4.69, 9.17) is 0 Å². The van der Waals surface area contributed by atoms with Gasteiger partial charge in [0.1, 0.15) is 0 Å². The Morgan fingerprint density at radius 3 is 2.12 bits per heavy atom. The Hall–Kier alpha value is -2.54. The molecule has 0 saturated heterocycles. The molecule has 1 heteroatoms. The second kappa shape index (κ2) is 6.40. The van der Waals surface area contributed by atoms with Crippen LogP contribution < -0.4 is 5.32 Å². The van der Waals surface area contributed by atoms with E-state index in [1.807, 2.05) is 7.05 Å². The van der Waals surface area contributed by atoms with Gasteiger partial charge in [-0.3, -0.25) is 0 Å². The maximum Gasteiger partial charge on any atom is 0.0402 e. The molecule has 1 nitrogen and oxygen atoms in total. The first-order valence-electron chi connectivity index (χ1n) is 9.30. The highest BCUT2D eigenvalue weighted by atomic mass is 14.8. The molecule has 0 bridgehead atoms. The second-order valence-corrected chi connectivity index (χ2v) is 6.79. The van der Waals surface area contributed by atoms with Crippen LogP contribution in [0, 0.1) is 0 Å². The largest absolute Gasteiger partial charge is 0.388 e. The Labute approximate surface area is 150 Å². The minimum atomic E-state index is 1.04. The summed E-state index contributed by atoms with van der Waals surface area (Å²) < 4.78 is 0. The quantitative estimate of drug-likeness (QED) is 0.478. The van der Waals surface area contributed by atoms with Gasteiger partial charge in [-0.25, -0.2) is 0 Å². The van der Waals surface area contributed by atoms with Gasteiger partial charge in [-0.15, -0.1) is 0 Å². The third kappa shape index (κ3) is 2.55. The lowest BCUT2D eigenvalue weighted by Crippen LogP contribution is -2.01. The van der Waals surface area contributed by atoms with E-state index in [0.717, 1.165) is 19.3 Å². The summed E-state index contributed by atoms with van der Waals surface area (Å²) in [6, 6.07) is 20.3. The molecular weight excluding hydrogens is 302 g/mol. The second-order valence-electron chi connectivity index (χ2n) is 6.79. The van der Waals surface area contributed by atoms with Gasteiger partial charge in [0.25, 0.3) is 0 Å². The molecule has 0 unspecified atom stereocenters. The number of rotatable bonds is 4. The standard InChI is InChI=1S/C24H25N/c1-4-16-13-19(14-17(5-2)24(16)25-3)21-11-8-12-22-20-10-7-6-9-18(20)15-23(21)22/h6-14,25H,4-5,15H2,1-3H3. The Morgan fingerprint density at radius 2 is 1.44 bits per heavy atom. The maximum absolute atomic E-state index is 3.41. The molecule has 1 N–H and O–H groups in total. The van der Waals surface area contributed by atoms with Gasteiger partial charge in [0.15, 0.2) is 0 Å². The molecule has 0 aliphatic heterocycles. The zero-order chi connectivity index (χ0) is 17.4. The molecule has 0 radical (unpaired) electrons. The summed E-state index contributed by atoms with van der Waals surface area (Å²) in [6.45, 7) is 4.48. The van der Waals surface area contributed by atoms with Crippen LogP contribution in [0.25, 0.3) is 22.3 Å². The van der Waals surface area contributed by atoms with Crippen LogP contribution in [0.1, 0.15) is 36.1 Å². The van der Waals surface area contributed by atoms with E-state index < -0.39 is 0 Å². The number of fused-ring (bicyclic) bond motifs is 3. The van der Waals surface area contributed by atoms with Crippen molar-refractivity contribution in [3.05, 3.63) is 76.9 Å². The van der Waals surface area contributed by atoms with Crippen molar-refractivity contribution in [3.63, 3.8) is 0 Å². The Morgan fingerprint density at radius 1 is 0.800 bits per heavy atom. The number of anilines is 1. The first-order valence-corrected chi connectivity index (χ1v) is 9.30. The molecule has 0 aromatic heterocycles. The van der Waals surface area contributed by atoms with Gasteiger partial charge in [0, 0.05) is 12.7 Å². The maximum atomic E-state index is 3.41. The summed E-state index contributed by atoms with van der Waals surface area (Å²) in [5.74, 6) is 0. The fourth-order valence-corrected chi connectivity index (χ4v) is 4.23.